The fourth-order valence-corrected chi connectivity index (χ4v) is 12.6. The summed E-state index contributed by atoms with van der Waals surface area (Å²) in [5, 5.41) is 0. The van der Waals surface area contributed by atoms with Crippen LogP contribution in [-0.2, 0) is 0 Å². The van der Waals surface area contributed by atoms with Gasteiger partial charge in [-0.2, -0.15) is 0 Å². The zero-order chi connectivity index (χ0) is 54.3. The summed E-state index contributed by atoms with van der Waals surface area (Å²) in [6.07, 6.45) is 7.67. The summed E-state index contributed by atoms with van der Waals surface area (Å²) in [4.78, 5) is 17.0. The van der Waals surface area contributed by atoms with Crippen molar-refractivity contribution in [1.82, 2.24) is 9.97 Å². The lowest BCUT2D eigenvalue weighted by Crippen LogP contribution is -2.61. The molecule has 6 heteroatoms. The second-order valence-corrected chi connectivity index (χ2v) is 20.9. The van der Waals surface area contributed by atoms with Crippen molar-refractivity contribution >= 4 is 74.3 Å². The Labute approximate surface area is 479 Å². The van der Waals surface area contributed by atoms with Gasteiger partial charge in [-0.05, 0) is 122 Å². The molecule has 0 N–H and O–H groups in total. The van der Waals surface area contributed by atoms with Crippen LogP contribution in [-0.4, -0.2) is 16.7 Å². The van der Waals surface area contributed by atoms with Crippen molar-refractivity contribution in [3.05, 3.63) is 316 Å². The molecule has 82 heavy (non-hydrogen) atoms. The fourth-order valence-electron chi connectivity index (χ4n) is 12.6. The Kier molecular flexibility index (Phi) is 12.2. The Morgan fingerprint density at radius 2 is 0.610 bits per heavy atom. The van der Waals surface area contributed by atoms with E-state index in [2.05, 4.69) is 304 Å². The normalized spacial score (nSPS) is 12.1. The Bertz CT molecular complexity index is 4040. The van der Waals surface area contributed by atoms with Gasteiger partial charge in [0.2, 0.25) is 0 Å². The van der Waals surface area contributed by atoms with E-state index < -0.39 is 0 Å². The molecular weight excluding hydrogens is 994 g/mol. The number of benzene rings is 11. The molecule has 0 spiro atoms. The molecule has 0 fully saturated rings. The van der Waals surface area contributed by atoms with Gasteiger partial charge in [-0.1, -0.05) is 231 Å². The Balaban J connectivity index is 1.14. The number of aromatic nitrogens is 2. The second kappa shape index (κ2) is 20.8. The number of hydrogen-bond donors (Lipinski definition) is 0. The number of pyridine rings is 2. The van der Waals surface area contributed by atoms with Crippen LogP contribution >= 0.6 is 0 Å². The highest BCUT2D eigenvalue weighted by molar-refractivity contribution is 7.00. The zero-order valence-corrected chi connectivity index (χ0v) is 44.8. The predicted octanol–water partition coefficient (Wildman–Crippen LogP) is 18.0. The van der Waals surface area contributed by atoms with Crippen molar-refractivity contribution in [3.63, 3.8) is 0 Å². The summed E-state index contributed by atoms with van der Waals surface area (Å²) in [5.74, 6) is 0. The molecule has 0 aliphatic carbocycles. The quantitative estimate of drug-likeness (QED) is 0.121. The van der Waals surface area contributed by atoms with E-state index in [0.717, 1.165) is 118 Å². The lowest BCUT2D eigenvalue weighted by molar-refractivity contribution is 1.23. The van der Waals surface area contributed by atoms with Gasteiger partial charge in [0.25, 0.3) is 6.71 Å². The minimum Gasteiger partial charge on any atom is -0.310 e. The van der Waals surface area contributed by atoms with Gasteiger partial charge < -0.3 is 14.7 Å². The molecule has 0 bridgehead atoms. The molecule has 13 aromatic rings. The van der Waals surface area contributed by atoms with Crippen LogP contribution in [0.15, 0.2) is 316 Å². The van der Waals surface area contributed by atoms with Gasteiger partial charge in [0.15, 0.2) is 0 Å². The summed E-state index contributed by atoms with van der Waals surface area (Å²) in [6, 6.07) is 106. The Morgan fingerprint density at radius 3 is 0.951 bits per heavy atom. The molecule has 0 unspecified atom stereocenters. The second-order valence-electron chi connectivity index (χ2n) is 20.9. The summed E-state index contributed by atoms with van der Waals surface area (Å²) in [6.45, 7) is -0.250. The standard InChI is InChI=1S/C76H52BN5/c1-7-23-53(24-8-1)64-37-19-38-65(54-25-9-2-10-26-54)75(64)81-70-43-41-57(59-31-21-45-78-51-59)47-68(70)77-69-48-58(60-32-22-46-79-52-60)42-44-71(69)82(76-66(55-27-11-3-12-28-55)39-20-40-67(76)56-29-13-4-14-30-56)73-50-63(49-72(81)74(73)77)80(61-33-15-5-16-34-61)62-35-17-6-18-36-62/h1-52H. The van der Waals surface area contributed by atoms with E-state index in [1.165, 1.54) is 16.4 Å². The summed E-state index contributed by atoms with van der Waals surface area (Å²) in [7, 11) is 0. The highest BCUT2D eigenvalue weighted by Gasteiger charge is 2.46. The zero-order valence-electron chi connectivity index (χ0n) is 44.8. The summed E-state index contributed by atoms with van der Waals surface area (Å²) in [5.41, 5.74) is 26.5. The molecule has 0 amide bonds. The molecule has 0 radical (unpaired) electrons. The lowest BCUT2D eigenvalue weighted by Gasteiger charge is -2.46. The largest absolute Gasteiger partial charge is 0.310 e. The van der Waals surface area contributed by atoms with Gasteiger partial charge in [0.1, 0.15) is 0 Å². The SMILES string of the molecule is c1ccc(-c2cccc(-c3ccccc3)c2N2c3ccc(-c4cccnc4)cc3B3c4cc(-c5cccnc5)ccc4N(c4c(-c5ccccc5)cccc4-c4ccccc4)c4cc(N(c5ccccc5)c5ccccc5)cc2c43)cc1. The van der Waals surface area contributed by atoms with Crippen molar-refractivity contribution < 1.29 is 0 Å². The molecule has 5 nitrogen and oxygen atoms in total. The molecule has 11 aromatic carbocycles. The molecular formula is C76H52BN5. The number of hydrogen-bond acceptors (Lipinski definition) is 5. The molecule has 2 aliphatic rings. The molecule has 384 valence electrons. The third-order valence-electron chi connectivity index (χ3n) is 16.2. The average molecular weight is 1050 g/mol. The van der Waals surface area contributed by atoms with Crippen LogP contribution in [0.3, 0.4) is 0 Å². The van der Waals surface area contributed by atoms with Gasteiger partial charge in [0.05, 0.1) is 17.1 Å². The van der Waals surface area contributed by atoms with Crippen molar-refractivity contribution in [2.24, 2.45) is 0 Å². The number of para-hydroxylation sites is 4. The van der Waals surface area contributed by atoms with Gasteiger partial charge >= 0.3 is 0 Å². The first-order chi connectivity index (χ1) is 40.7. The van der Waals surface area contributed by atoms with Crippen LogP contribution in [0.1, 0.15) is 0 Å². The van der Waals surface area contributed by atoms with Crippen LogP contribution in [0, 0.1) is 0 Å². The minimum absolute atomic E-state index is 0.250. The van der Waals surface area contributed by atoms with Crippen LogP contribution in [0.5, 0.6) is 0 Å². The van der Waals surface area contributed by atoms with Crippen LogP contribution in [0.25, 0.3) is 66.8 Å². The van der Waals surface area contributed by atoms with Gasteiger partial charge in [-0.25, -0.2) is 0 Å². The van der Waals surface area contributed by atoms with Crippen LogP contribution < -0.4 is 31.1 Å². The van der Waals surface area contributed by atoms with Gasteiger partial charge in [-0.3, -0.25) is 9.97 Å². The smallest absolute Gasteiger partial charge is 0.252 e. The molecule has 15 rings (SSSR count). The molecule has 4 heterocycles. The van der Waals surface area contributed by atoms with Crippen molar-refractivity contribution in [3.8, 4) is 66.8 Å². The van der Waals surface area contributed by atoms with E-state index in [4.69, 9.17) is 0 Å². The minimum atomic E-state index is -0.250. The predicted molar refractivity (Wildman–Crippen MR) is 343 cm³/mol. The van der Waals surface area contributed by atoms with E-state index >= 15 is 0 Å². The summed E-state index contributed by atoms with van der Waals surface area (Å²) < 4.78 is 0. The first-order valence-electron chi connectivity index (χ1n) is 28.0. The van der Waals surface area contributed by atoms with E-state index in [-0.39, 0.29) is 6.71 Å². The maximum absolute atomic E-state index is 4.67. The highest BCUT2D eigenvalue weighted by Crippen LogP contribution is 2.54. The number of rotatable bonds is 11. The lowest BCUT2D eigenvalue weighted by atomic mass is 9.33. The van der Waals surface area contributed by atoms with E-state index in [1.54, 1.807) is 0 Å². The fraction of sp³-hybridized carbons (Fsp3) is 0. The number of anilines is 9. The Hall–Kier alpha value is -10.8. The highest BCUT2D eigenvalue weighted by atomic mass is 15.2. The molecule has 2 aliphatic heterocycles. The third-order valence-corrected chi connectivity index (χ3v) is 16.2. The molecule has 0 atom stereocenters. The first-order valence-corrected chi connectivity index (χ1v) is 28.0. The van der Waals surface area contributed by atoms with Crippen molar-refractivity contribution in [2.45, 2.75) is 0 Å². The van der Waals surface area contributed by atoms with Crippen molar-refractivity contribution in [2.75, 3.05) is 14.7 Å². The third kappa shape index (κ3) is 8.44. The van der Waals surface area contributed by atoms with E-state index in [9.17, 15) is 0 Å². The first kappa shape index (κ1) is 48.3. The van der Waals surface area contributed by atoms with Crippen molar-refractivity contribution in [1.29, 1.82) is 0 Å². The van der Waals surface area contributed by atoms with E-state index in [1.807, 2.05) is 36.9 Å². The van der Waals surface area contributed by atoms with E-state index in [0.29, 0.717) is 0 Å². The van der Waals surface area contributed by atoms with Crippen LogP contribution in [0.2, 0.25) is 0 Å². The molecule has 0 saturated heterocycles. The molecule has 2 aromatic heterocycles. The maximum atomic E-state index is 4.67. The topological polar surface area (TPSA) is 35.5 Å². The summed E-state index contributed by atoms with van der Waals surface area (Å²) >= 11 is 0. The van der Waals surface area contributed by atoms with Gasteiger partial charge in [-0.15, -0.1) is 0 Å². The van der Waals surface area contributed by atoms with Gasteiger partial charge in [0, 0.05) is 81.2 Å². The Morgan fingerprint density at radius 1 is 0.268 bits per heavy atom. The molecule has 0 saturated carbocycles. The monoisotopic (exact) mass is 1050 g/mol. The number of nitrogens with zero attached hydrogens (tertiary/aromatic N) is 5. The number of fused-ring (bicyclic) bond motifs is 4. The van der Waals surface area contributed by atoms with Crippen LogP contribution in [0.4, 0.5) is 51.2 Å². The maximum Gasteiger partial charge on any atom is 0.252 e. The average Bonchev–Trinajstić information content (AvgIpc) is 2.78.